The molecule has 2 aromatic rings. The number of rotatable bonds is 2. The molecule has 0 saturated carbocycles. The lowest BCUT2D eigenvalue weighted by Gasteiger charge is -1.95. The van der Waals surface area contributed by atoms with Crippen LogP contribution in [0.15, 0.2) is 42.7 Å². The van der Waals surface area contributed by atoms with Crippen molar-refractivity contribution in [1.29, 1.82) is 0 Å². The second-order valence-corrected chi connectivity index (χ2v) is 2.88. The third-order valence-electron chi connectivity index (χ3n) is 1.88. The van der Waals surface area contributed by atoms with Gasteiger partial charge in [-0.1, -0.05) is 0 Å². The van der Waals surface area contributed by atoms with Crippen molar-refractivity contribution in [2.24, 2.45) is 0 Å². The third kappa shape index (κ3) is 1.96. The van der Waals surface area contributed by atoms with Crippen molar-refractivity contribution < 1.29 is 4.92 Å². The Morgan fingerprint density at radius 3 is 2.73 bits per heavy atom. The van der Waals surface area contributed by atoms with Gasteiger partial charge in [-0.25, -0.2) is 0 Å². The molecule has 2 aromatic heterocycles. The lowest BCUT2D eigenvalue weighted by Crippen LogP contribution is -1.93. The van der Waals surface area contributed by atoms with Gasteiger partial charge in [-0.05, 0) is 34.2 Å². The van der Waals surface area contributed by atoms with E-state index in [4.69, 9.17) is 0 Å². The molecule has 0 N–H and O–H groups in total. The summed E-state index contributed by atoms with van der Waals surface area (Å²) >= 11 is 0. The van der Waals surface area contributed by atoms with Gasteiger partial charge in [-0.3, -0.25) is 4.98 Å². The van der Waals surface area contributed by atoms with Gasteiger partial charge in [0.2, 0.25) is 0 Å². The van der Waals surface area contributed by atoms with Crippen molar-refractivity contribution >= 4 is 5.82 Å². The Hall–Kier alpha value is -2.30. The van der Waals surface area contributed by atoms with E-state index in [1.165, 1.54) is 6.07 Å². The van der Waals surface area contributed by atoms with Gasteiger partial charge in [0.1, 0.15) is 0 Å². The highest BCUT2D eigenvalue weighted by Crippen LogP contribution is 2.17. The summed E-state index contributed by atoms with van der Waals surface area (Å²) in [6.45, 7) is 0. The summed E-state index contributed by atoms with van der Waals surface area (Å²) in [6, 6.07) is 8.24. The van der Waals surface area contributed by atoms with E-state index in [0.717, 1.165) is 5.56 Å². The summed E-state index contributed by atoms with van der Waals surface area (Å²) < 4.78 is 0. The summed E-state index contributed by atoms with van der Waals surface area (Å²) in [7, 11) is 0. The monoisotopic (exact) mass is 201 g/mol. The maximum absolute atomic E-state index is 10.5. The van der Waals surface area contributed by atoms with E-state index >= 15 is 0 Å². The van der Waals surface area contributed by atoms with Crippen molar-refractivity contribution in [3.8, 4) is 11.3 Å². The average Bonchev–Trinajstić information content (AvgIpc) is 2.30. The molecule has 2 rings (SSSR count). The Kier molecular flexibility index (Phi) is 2.37. The van der Waals surface area contributed by atoms with E-state index < -0.39 is 4.92 Å². The minimum absolute atomic E-state index is 0.156. The Labute approximate surface area is 85.6 Å². The first-order valence-electron chi connectivity index (χ1n) is 4.29. The zero-order valence-corrected chi connectivity index (χ0v) is 7.70. The molecule has 0 aromatic carbocycles. The van der Waals surface area contributed by atoms with Gasteiger partial charge in [0.05, 0.1) is 0 Å². The van der Waals surface area contributed by atoms with Crippen LogP contribution in [0.5, 0.6) is 0 Å². The van der Waals surface area contributed by atoms with Crippen LogP contribution in [0.3, 0.4) is 0 Å². The molecule has 0 fully saturated rings. The maximum atomic E-state index is 10.5. The summed E-state index contributed by atoms with van der Waals surface area (Å²) in [6.07, 6.45) is 3.26. The van der Waals surface area contributed by atoms with Crippen molar-refractivity contribution in [3.05, 3.63) is 52.8 Å². The first kappa shape index (κ1) is 9.26. The second kappa shape index (κ2) is 3.83. The molecule has 74 valence electrons. The number of nitrogens with zero attached hydrogens (tertiary/aromatic N) is 3. The van der Waals surface area contributed by atoms with Crippen LogP contribution < -0.4 is 0 Å². The molecule has 0 radical (unpaired) electrons. The van der Waals surface area contributed by atoms with Crippen LogP contribution in [-0.2, 0) is 0 Å². The molecule has 0 spiro atoms. The molecule has 0 aliphatic carbocycles. The van der Waals surface area contributed by atoms with E-state index in [9.17, 15) is 10.1 Å². The predicted molar refractivity (Wildman–Crippen MR) is 54.1 cm³/mol. The average molecular weight is 201 g/mol. The van der Waals surface area contributed by atoms with Crippen molar-refractivity contribution in [3.63, 3.8) is 0 Å². The molecule has 0 amide bonds. The molecule has 0 bridgehead atoms. The Bertz CT molecular complexity index is 485. The topological polar surface area (TPSA) is 68.9 Å². The first-order valence-corrected chi connectivity index (χ1v) is 4.29. The largest absolute Gasteiger partial charge is 0.364 e. The number of hydrogen-bond donors (Lipinski definition) is 0. The SMILES string of the molecule is O=[N+]([O-])c1cccc(-c2cccnc2)n1. The fourth-order valence-corrected chi connectivity index (χ4v) is 1.20. The van der Waals surface area contributed by atoms with Gasteiger partial charge in [0.15, 0.2) is 5.69 Å². The zero-order valence-electron chi connectivity index (χ0n) is 7.70. The minimum atomic E-state index is -0.514. The summed E-state index contributed by atoms with van der Waals surface area (Å²) in [5.74, 6) is -0.156. The number of nitro groups is 1. The number of pyridine rings is 2. The van der Waals surface area contributed by atoms with E-state index in [0.29, 0.717) is 5.69 Å². The molecule has 0 aliphatic heterocycles. The van der Waals surface area contributed by atoms with Crippen LogP contribution in [0.25, 0.3) is 11.3 Å². The van der Waals surface area contributed by atoms with Gasteiger partial charge in [0.25, 0.3) is 0 Å². The molecule has 0 aliphatic rings. The van der Waals surface area contributed by atoms with Crippen LogP contribution in [0, 0.1) is 10.1 Å². The summed E-state index contributed by atoms with van der Waals surface area (Å²) in [5, 5.41) is 10.5. The highest BCUT2D eigenvalue weighted by atomic mass is 16.6. The normalized spacial score (nSPS) is 9.87. The molecule has 15 heavy (non-hydrogen) atoms. The Morgan fingerprint density at radius 1 is 1.20 bits per heavy atom. The molecule has 5 heteroatoms. The van der Waals surface area contributed by atoms with E-state index in [-0.39, 0.29) is 5.82 Å². The second-order valence-electron chi connectivity index (χ2n) is 2.88. The van der Waals surface area contributed by atoms with Crippen LogP contribution >= 0.6 is 0 Å². The molecule has 5 nitrogen and oxygen atoms in total. The van der Waals surface area contributed by atoms with E-state index in [1.54, 1.807) is 36.7 Å². The summed E-state index contributed by atoms with van der Waals surface area (Å²) in [5.41, 5.74) is 1.32. The molecule has 2 heterocycles. The highest BCUT2D eigenvalue weighted by Gasteiger charge is 2.10. The minimum Gasteiger partial charge on any atom is -0.358 e. The number of aromatic nitrogens is 2. The molecular formula is C10H7N3O2. The maximum Gasteiger partial charge on any atom is 0.364 e. The standard InChI is InChI=1S/C10H7N3O2/c14-13(15)10-5-1-4-9(12-10)8-3-2-6-11-7-8/h1-7H. The van der Waals surface area contributed by atoms with Crippen LogP contribution in [-0.4, -0.2) is 14.9 Å². The fourth-order valence-electron chi connectivity index (χ4n) is 1.20. The Morgan fingerprint density at radius 2 is 2.07 bits per heavy atom. The van der Waals surface area contributed by atoms with E-state index in [1.807, 2.05) is 0 Å². The highest BCUT2D eigenvalue weighted by molar-refractivity contribution is 5.58. The number of hydrogen-bond acceptors (Lipinski definition) is 4. The van der Waals surface area contributed by atoms with Gasteiger partial charge in [0, 0.05) is 24.0 Å². The zero-order chi connectivity index (χ0) is 10.7. The molecule has 0 atom stereocenters. The van der Waals surface area contributed by atoms with Gasteiger partial charge in [-0.15, -0.1) is 0 Å². The predicted octanol–water partition coefficient (Wildman–Crippen LogP) is 2.05. The quantitative estimate of drug-likeness (QED) is 0.550. The van der Waals surface area contributed by atoms with Gasteiger partial charge >= 0.3 is 5.82 Å². The lowest BCUT2D eigenvalue weighted by atomic mass is 10.2. The van der Waals surface area contributed by atoms with Gasteiger partial charge < -0.3 is 10.1 Å². The van der Waals surface area contributed by atoms with Crippen LogP contribution in [0.4, 0.5) is 5.82 Å². The lowest BCUT2D eigenvalue weighted by molar-refractivity contribution is -0.389. The van der Waals surface area contributed by atoms with Crippen LogP contribution in [0.1, 0.15) is 0 Å². The first-order chi connectivity index (χ1) is 7.27. The summed E-state index contributed by atoms with van der Waals surface area (Å²) in [4.78, 5) is 17.8. The third-order valence-corrected chi connectivity index (χ3v) is 1.88. The van der Waals surface area contributed by atoms with Crippen LogP contribution in [0.2, 0.25) is 0 Å². The molecular weight excluding hydrogens is 194 g/mol. The Balaban J connectivity index is 2.46. The molecule has 0 unspecified atom stereocenters. The van der Waals surface area contributed by atoms with Crippen molar-refractivity contribution in [2.45, 2.75) is 0 Å². The van der Waals surface area contributed by atoms with Gasteiger partial charge in [-0.2, -0.15) is 0 Å². The molecule has 0 saturated heterocycles. The van der Waals surface area contributed by atoms with E-state index in [2.05, 4.69) is 9.97 Å². The van der Waals surface area contributed by atoms with Crippen molar-refractivity contribution in [2.75, 3.05) is 0 Å². The fraction of sp³-hybridized carbons (Fsp3) is 0. The smallest absolute Gasteiger partial charge is 0.358 e. The van der Waals surface area contributed by atoms with Crippen molar-refractivity contribution in [1.82, 2.24) is 9.97 Å².